The van der Waals surface area contributed by atoms with Gasteiger partial charge in [0.25, 0.3) is 0 Å². The van der Waals surface area contributed by atoms with E-state index in [1.165, 1.54) is 0 Å². The average Bonchev–Trinajstić information content (AvgIpc) is 2.72. The van der Waals surface area contributed by atoms with Gasteiger partial charge in [-0.15, -0.1) is 0 Å². The van der Waals surface area contributed by atoms with Crippen molar-refractivity contribution in [3.63, 3.8) is 0 Å². The van der Waals surface area contributed by atoms with Gasteiger partial charge in [-0.3, -0.25) is 4.79 Å². The first kappa shape index (κ1) is 12.4. The van der Waals surface area contributed by atoms with Crippen molar-refractivity contribution < 1.29 is 9.53 Å². The maximum atomic E-state index is 11.8. The minimum Gasteiger partial charge on any atom is -0.461 e. The van der Waals surface area contributed by atoms with Gasteiger partial charge in [0.05, 0.1) is 5.92 Å². The predicted molar refractivity (Wildman–Crippen MR) is 66.8 cm³/mol. The molecule has 1 fully saturated rings. The monoisotopic (exact) mass is 253 g/mol. The van der Waals surface area contributed by atoms with Gasteiger partial charge < -0.3 is 10.1 Å². The third kappa shape index (κ3) is 3.20. The zero-order chi connectivity index (χ0) is 12.3. The summed E-state index contributed by atoms with van der Waals surface area (Å²) in [6.45, 7) is 3.96. The minimum absolute atomic E-state index is 0.0193. The zero-order valence-corrected chi connectivity index (χ0v) is 10.5. The summed E-state index contributed by atoms with van der Waals surface area (Å²) >= 11 is 5.86. The van der Waals surface area contributed by atoms with Crippen LogP contribution in [0, 0.1) is 11.8 Å². The number of benzene rings is 1. The summed E-state index contributed by atoms with van der Waals surface area (Å²) in [7, 11) is 0. The lowest BCUT2D eigenvalue weighted by molar-refractivity contribution is -0.150. The fraction of sp³-hybridized carbons (Fsp3) is 0.462. The molecule has 1 aromatic rings. The van der Waals surface area contributed by atoms with Crippen molar-refractivity contribution in [2.45, 2.75) is 13.5 Å². The Labute approximate surface area is 106 Å². The van der Waals surface area contributed by atoms with Gasteiger partial charge >= 0.3 is 5.97 Å². The van der Waals surface area contributed by atoms with Crippen LogP contribution in [0.2, 0.25) is 5.02 Å². The van der Waals surface area contributed by atoms with Crippen LogP contribution in [0.25, 0.3) is 0 Å². The molecule has 1 saturated heterocycles. The van der Waals surface area contributed by atoms with E-state index in [0.717, 1.165) is 18.7 Å². The number of ether oxygens (including phenoxy) is 1. The van der Waals surface area contributed by atoms with Gasteiger partial charge in [0.2, 0.25) is 0 Å². The number of esters is 1. The van der Waals surface area contributed by atoms with Crippen LogP contribution >= 0.6 is 11.6 Å². The predicted octanol–water partition coefficient (Wildman–Crippen LogP) is 2.24. The molecule has 2 rings (SSSR count). The van der Waals surface area contributed by atoms with Gasteiger partial charge in [-0.25, -0.2) is 0 Å². The Kier molecular flexibility index (Phi) is 4.02. The van der Waals surface area contributed by atoms with E-state index >= 15 is 0 Å². The molecule has 1 aliphatic rings. The Bertz CT molecular complexity index is 408. The summed E-state index contributed by atoms with van der Waals surface area (Å²) in [4.78, 5) is 11.8. The SMILES string of the molecule is C[C@@H]1CNC[C@H]1C(=O)OCc1cccc(Cl)c1. The van der Waals surface area contributed by atoms with E-state index in [-0.39, 0.29) is 11.9 Å². The number of halogens is 1. The molecule has 0 unspecified atom stereocenters. The number of hydrogen-bond acceptors (Lipinski definition) is 3. The highest BCUT2D eigenvalue weighted by atomic mass is 35.5. The van der Waals surface area contributed by atoms with Crippen LogP contribution in [0.15, 0.2) is 24.3 Å². The van der Waals surface area contributed by atoms with Crippen LogP contribution in [-0.4, -0.2) is 19.1 Å². The summed E-state index contributed by atoms with van der Waals surface area (Å²) in [6, 6.07) is 7.36. The van der Waals surface area contributed by atoms with Gasteiger partial charge in [0, 0.05) is 11.6 Å². The standard InChI is InChI=1S/C13H16ClNO2/c1-9-6-15-7-12(9)13(16)17-8-10-3-2-4-11(14)5-10/h2-5,9,12,15H,6-8H2,1H3/t9-,12-/m1/s1. The van der Waals surface area contributed by atoms with E-state index < -0.39 is 0 Å². The van der Waals surface area contributed by atoms with E-state index in [4.69, 9.17) is 16.3 Å². The van der Waals surface area contributed by atoms with Crippen molar-refractivity contribution >= 4 is 17.6 Å². The summed E-state index contributed by atoms with van der Waals surface area (Å²) < 4.78 is 5.30. The van der Waals surface area contributed by atoms with Crippen molar-refractivity contribution in [3.05, 3.63) is 34.9 Å². The lowest BCUT2D eigenvalue weighted by Crippen LogP contribution is -2.23. The summed E-state index contributed by atoms with van der Waals surface area (Å²) in [6.07, 6.45) is 0. The second-order valence-electron chi connectivity index (χ2n) is 4.48. The highest BCUT2D eigenvalue weighted by Gasteiger charge is 2.30. The third-order valence-corrected chi connectivity index (χ3v) is 3.33. The minimum atomic E-state index is -0.123. The molecule has 1 heterocycles. The van der Waals surface area contributed by atoms with Crippen molar-refractivity contribution in [2.75, 3.05) is 13.1 Å². The van der Waals surface area contributed by atoms with Crippen LogP contribution in [-0.2, 0) is 16.1 Å². The summed E-state index contributed by atoms with van der Waals surface area (Å²) in [5.41, 5.74) is 0.921. The molecule has 92 valence electrons. The molecular weight excluding hydrogens is 238 g/mol. The largest absolute Gasteiger partial charge is 0.461 e. The molecule has 1 aromatic carbocycles. The topological polar surface area (TPSA) is 38.3 Å². The lowest BCUT2D eigenvalue weighted by Gasteiger charge is -2.13. The summed E-state index contributed by atoms with van der Waals surface area (Å²) in [5, 5.41) is 3.85. The Morgan fingerprint density at radius 3 is 3.00 bits per heavy atom. The van der Waals surface area contributed by atoms with Crippen molar-refractivity contribution in [2.24, 2.45) is 11.8 Å². The summed E-state index contributed by atoms with van der Waals surface area (Å²) in [5.74, 6) is 0.207. The van der Waals surface area contributed by atoms with Crippen molar-refractivity contribution in [3.8, 4) is 0 Å². The van der Waals surface area contributed by atoms with E-state index in [1.54, 1.807) is 6.07 Å². The average molecular weight is 254 g/mol. The second kappa shape index (κ2) is 5.52. The van der Waals surface area contributed by atoms with Crippen molar-refractivity contribution in [1.82, 2.24) is 5.32 Å². The Morgan fingerprint density at radius 2 is 2.35 bits per heavy atom. The first-order chi connectivity index (χ1) is 8.16. The maximum absolute atomic E-state index is 11.8. The smallest absolute Gasteiger partial charge is 0.310 e. The Hall–Kier alpha value is -1.06. The van der Waals surface area contributed by atoms with Gasteiger partial charge in [0.1, 0.15) is 6.61 Å². The lowest BCUT2D eigenvalue weighted by atomic mass is 9.99. The molecule has 2 atom stereocenters. The molecule has 0 bridgehead atoms. The van der Waals surface area contributed by atoms with E-state index in [0.29, 0.717) is 17.5 Å². The van der Waals surface area contributed by atoms with Crippen molar-refractivity contribution in [1.29, 1.82) is 0 Å². The van der Waals surface area contributed by atoms with Crippen LogP contribution < -0.4 is 5.32 Å². The molecule has 3 nitrogen and oxygen atoms in total. The first-order valence-electron chi connectivity index (χ1n) is 5.78. The number of hydrogen-bond donors (Lipinski definition) is 1. The van der Waals surface area contributed by atoms with Gasteiger partial charge in [-0.1, -0.05) is 30.7 Å². The van der Waals surface area contributed by atoms with Gasteiger partial charge in [0.15, 0.2) is 0 Å². The maximum Gasteiger partial charge on any atom is 0.310 e. The number of rotatable bonds is 3. The second-order valence-corrected chi connectivity index (χ2v) is 4.92. The molecule has 0 saturated carbocycles. The zero-order valence-electron chi connectivity index (χ0n) is 9.78. The number of carbonyl (C=O) groups is 1. The molecule has 0 aromatic heterocycles. The van der Waals surface area contributed by atoms with Crippen LogP contribution in [0.5, 0.6) is 0 Å². The van der Waals surface area contributed by atoms with E-state index in [9.17, 15) is 4.79 Å². The van der Waals surface area contributed by atoms with E-state index in [2.05, 4.69) is 12.2 Å². The highest BCUT2D eigenvalue weighted by Crippen LogP contribution is 2.18. The number of carbonyl (C=O) groups excluding carboxylic acids is 1. The number of nitrogens with one attached hydrogen (secondary N) is 1. The molecule has 1 N–H and O–H groups in total. The fourth-order valence-electron chi connectivity index (χ4n) is 2.01. The highest BCUT2D eigenvalue weighted by molar-refractivity contribution is 6.30. The van der Waals surface area contributed by atoms with E-state index in [1.807, 2.05) is 18.2 Å². The van der Waals surface area contributed by atoms with Gasteiger partial charge in [-0.2, -0.15) is 0 Å². The normalized spacial score (nSPS) is 23.6. The Balaban J connectivity index is 1.88. The molecule has 0 radical (unpaired) electrons. The van der Waals surface area contributed by atoms with Crippen LogP contribution in [0.3, 0.4) is 0 Å². The molecule has 17 heavy (non-hydrogen) atoms. The van der Waals surface area contributed by atoms with Crippen LogP contribution in [0.1, 0.15) is 12.5 Å². The molecule has 0 aliphatic carbocycles. The molecule has 1 aliphatic heterocycles. The third-order valence-electron chi connectivity index (χ3n) is 3.09. The molecule has 0 spiro atoms. The first-order valence-corrected chi connectivity index (χ1v) is 6.16. The molecular formula is C13H16ClNO2. The quantitative estimate of drug-likeness (QED) is 0.840. The molecule has 4 heteroatoms. The molecule has 0 amide bonds. The Morgan fingerprint density at radius 1 is 1.53 bits per heavy atom. The fourth-order valence-corrected chi connectivity index (χ4v) is 2.23. The van der Waals surface area contributed by atoms with Gasteiger partial charge in [-0.05, 0) is 30.2 Å². The van der Waals surface area contributed by atoms with Crippen LogP contribution in [0.4, 0.5) is 0 Å².